The van der Waals surface area contributed by atoms with Gasteiger partial charge in [0.25, 0.3) is 0 Å². The second kappa shape index (κ2) is 8.88. The van der Waals surface area contributed by atoms with Crippen molar-refractivity contribution in [2.45, 2.75) is 32.0 Å². The van der Waals surface area contributed by atoms with Crippen LogP contribution in [0.3, 0.4) is 0 Å². The molecule has 4 heterocycles. The van der Waals surface area contributed by atoms with E-state index in [2.05, 4.69) is 58.7 Å². The summed E-state index contributed by atoms with van der Waals surface area (Å²) in [6.07, 6.45) is 4.44. The molecule has 1 amide bonds. The van der Waals surface area contributed by atoms with Crippen LogP contribution >= 0.6 is 23.1 Å². The summed E-state index contributed by atoms with van der Waals surface area (Å²) in [5.74, 6) is 1.21. The number of rotatable bonds is 5. The van der Waals surface area contributed by atoms with Gasteiger partial charge in [0, 0.05) is 35.9 Å². The first kappa shape index (κ1) is 20.9. The number of fused-ring (bicyclic) bond motifs is 1. The van der Waals surface area contributed by atoms with E-state index in [1.54, 1.807) is 23.7 Å². The molecule has 5 rings (SSSR count). The summed E-state index contributed by atoms with van der Waals surface area (Å²) in [5.41, 5.74) is 5.63. The number of nitrogens with zero attached hydrogens (tertiary/aromatic N) is 5. The highest BCUT2D eigenvalue weighted by Crippen LogP contribution is 2.30. The molecule has 4 aromatic rings. The highest BCUT2D eigenvalue weighted by molar-refractivity contribution is 7.99. The highest BCUT2D eigenvalue weighted by Gasteiger charge is 2.23. The maximum atomic E-state index is 13.0. The molecule has 8 heteroatoms. The molecule has 3 aromatic heterocycles. The summed E-state index contributed by atoms with van der Waals surface area (Å²) >= 11 is 3.22. The van der Waals surface area contributed by atoms with E-state index in [0.29, 0.717) is 17.5 Å². The first-order valence-corrected chi connectivity index (χ1v) is 12.4. The van der Waals surface area contributed by atoms with Gasteiger partial charge in [-0.3, -0.25) is 14.3 Å². The molecule has 0 radical (unpaired) electrons. The van der Waals surface area contributed by atoms with Gasteiger partial charge < -0.3 is 4.90 Å². The number of aryl methyl sites for hydroxylation is 2. The molecule has 0 saturated carbocycles. The zero-order valence-electron chi connectivity index (χ0n) is 18.0. The van der Waals surface area contributed by atoms with Crippen molar-refractivity contribution < 1.29 is 4.79 Å². The lowest BCUT2D eigenvalue weighted by molar-refractivity contribution is -0.129. The fourth-order valence-corrected chi connectivity index (χ4v) is 5.57. The first-order chi connectivity index (χ1) is 15.6. The van der Waals surface area contributed by atoms with Crippen molar-refractivity contribution in [3.63, 3.8) is 0 Å². The molecule has 0 bridgehead atoms. The number of aromatic nitrogens is 4. The largest absolute Gasteiger partial charge is 0.337 e. The third kappa shape index (κ3) is 4.08. The molecule has 6 nitrogen and oxygen atoms in total. The summed E-state index contributed by atoms with van der Waals surface area (Å²) < 4.78 is 2.03. The van der Waals surface area contributed by atoms with Gasteiger partial charge in [0.2, 0.25) is 5.91 Å². The van der Waals surface area contributed by atoms with Crippen LogP contribution in [-0.2, 0) is 17.8 Å². The van der Waals surface area contributed by atoms with Crippen LogP contribution in [0.4, 0.5) is 0 Å². The molecule has 0 spiro atoms. The van der Waals surface area contributed by atoms with E-state index in [0.717, 1.165) is 30.0 Å². The minimum atomic E-state index is 0.131. The number of hydrogen-bond acceptors (Lipinski definition) is 6. The molecular weight excluding hydrogens is 438 g/mol. The van der Waals surface area contributed by atoms with E-state index >= 15 is 0 Å². The molecule has 162 valence electrons. The fraction of sp³-hybridized carbons (Fsp3) is 0.250. The smallest absolute Gasteiger partial charge is 0.233 e. The SMILES string of the molecule is Cc1ccc(-n2c(SCC(=O)N3CCc4sccc4C3)nnc2-c2ccncc2)cc1C. The van der Waals surface area contributed by atoms with E-state index in [1.807, 2.05) is 21.6 Å². The van der Waals surface area contributed by atoms with Gasteiger partial charge >= 0.3 is 0 Å². The number of hydrogen-bond donors (Lipinski definition) is 0. The zero-order chi connectivity index (χ0) is 22.1. The Morgan fingerprint density at radius 1 is 1.09 bits per heavy atom. The minimum absolute atomic E-state index is 0.131. The number of thiophene rings is 1. The molecule has 0 fully saturated rings. The van der Waals surface area contributed by atoms with E-state index in [-0.39, 0.29) is 5.91 Å². The molecule has 0 atom stereocenters. The quantitative estimate of drug-likeness (QED) is 0.404. The van der Waals surface area contributed by atoms with Crippen LogP contribution in [0, 0.1) is 13.8 Å². The lowest BCUT2D eigenvalue weighted by Gasteiger charge is -2.26. The molecule has 0 aliphatic carbocycles. The van der Waals surface area contributed by atoms with Gasteiger partial charge in [-0.25, -0.2) is 0 Å². The van der Waals surface area contributed by atoms with Crippen LogP contribution in [0.1, 0.15) is 21.6 Å². The number of amides is 1. The topological polar surface area (TPSA) is 63.9 Å². The Kier molecular flexibility index (Phi) is 5.80. The Bertz CT molecular complexity index is 1260. The highest BCUT2D eigenvalue weighted by atomic mass is 32.2. The van der Waals surface area contributed by atoms with Crippen LogP contribution in [-0.4, -0.2) is 42.9 Å². The maximum Gasteiger partial charge on any atom is 0.233 e. The third-order valence-corrected chi connectivity index (χ3v) is 7.74. The lowest BCUT2D eigenvalue weighted by atomic mass is 10.1. The first-order valence-electron chi connectivity index (χ1n) is 10.5. The van der Waals surface area contributed by atoms with Crippen molar-refractivity contribution in [1.29, 1.82) is 0 Å². The van der Waals surface area contributed by atoms with Crippen molar-refractivity contribution in [2.75, 3.05) is 12.3 Å². The van der Waals surface area contributed by atoms with Crippen LogP contribution in [0.25, 0.3) is 17.1 Å². The third-order valence-electron chi connectivity index (χ3n) is 5.81. The number of carbonyl (C=O) groups excluding carboxylic acids is 1. The van der Waals surface area contributed by atoms with Gasteiger partial charge in [-0.2, -0.15) is 0 Å². The predicted octanol–water partition coefficient (Wildman–Crippen LogP) is 4.68. The molecule has 1 aliphatic rings. The van der Waals surface area contributed by atoms with Gasteiger partial charge in [0.15, 0.2) is 11.0 Å². The van der Waals surface area contributed by atoms with Gasteiger partial charge in [0.1, 0.15) is 0 Å². The Labute approximate surface area is 195 Å². The maximum absolute atomic E-state index is 13.0. The normalized spacial score (nSPS) is 13.2. The standard InChI is InChI=1S/C24H23N5OS2/c1-16-3-4-20(13-17(16)2)29-23(18-5-9-25-10-6-18)26-27-24(29)32-15-22(30)28-11-7-21-19(14-28)8-12-31-21/h3-6,8-10,12-13H,7,11,14-15H2,1-2H3. The van der Waals surface area contributed by atoms with Crippen molar-refractivity contribution in [3.8, 4) is 17.1 Å². The molecule has 32 heavy (non-hydrogen) atoms. The van der Waals surface area contributed by atoms with E-state index < -0.39 is 0 Å². The molecule has 1 aliphatic heterocycles. The van der Waals surface area contributed by atoms with Gasteiger partial charge in [-0.15, -0.1) is 21.5 Å². The van der Waals surface area contributed by atoms with Gasteiger partial charge in [-0.05, 0) is 72.7 Å². The summed E-state index contributed by atoms with van der Waals surface area (Å²) in [4.78, 5) is 20.4. The van der Waals surface area contributed by atoms with E-state index in [1.165, 1.54) is 33.3 Å². The average Bonchev–Trinajstić information content (AvgIpc) is 3.46. The fourth-order valence-electron chi connectivity index (χ4n) is 3.83. The van der Waals surface area contributed by atoms with Crippen LogP contribution < -0.4 is 0 Å². The molecule has 0 N–H and O–H groups in total. The molecule has 0 saturated heterocycles. The Hall–Kier alpha value is -2.97. The van der Waals surface area contributed by atoms with Crippen molar-refractivity contribution in [3.05, 3.63) is 75.7 Å². The summed E-state index contributed by atoms with van der Waals surface area (Å²) in [5, 5.41) is 11.7. The summed E-state index contributed by atoms with van der Waals surface area (Å²) in [6.45, 7) is 5.67. The lowest BCUT2D eigenvalue weighted by Crippen LogP contribution is -2.36. The molecular formula is C24H23N5OS2. The monoisotopic (exact) mass is 461 g/mol. The average molecular weight is 462 g/mol. The minimum Gasteiger partial charge on any atom is -0.337 e. The van der Waals surface area contributed by atoms with E-state index in [4.69, 9.17) is 0 Å². The van der Waals surface area contributed by atoms with Crippen LogP contribution in [0.15, 0.2) is 59.3 Å². The van der Waals surface area contributed by atoms with Crippen LogP contribution in [0.2, 0.25) is 0 Å². The summed E-state index contributed by atoms with van der Waals surface area (Å²) in [7, 11) is 0. The number of carbonyl (C=O) groups is 1. The van der Waals surface area contributed by atoms with Crippen molar-refractivity contribution >= 4 is 29.0 Å². The Morgan fingerprint density at radius 2 is 1.94 bits per heavy atom. The Morgan fingerprint density at radius 3 is 2.75 bits per heavy atom. The second-order valence-electron chi connectivity index (χ2n) is 7.87. The van der Waals surface area contributed by atoms with Crippen molar-refractivity contribution in [2.24, 2.45) is 0 Å². The second-order valence-corrected chi connectivity index (χ2v) is 9.81. The van der Waals surface area contributed by atoms with Crippen LogP contribution in [0.5, 0.6) is 0 Å². The molecule has 0 unspecified atom stereocenters. The predicted molar refractivity (Wildman–Crippen MR) is 128 cm³/mol. The number of pyridine rings is 1. The van der Waals surface area contributed by atoms with Gasteiger partial charge in [-0.1, -0.05) is 17.8 Å². The molecule has 1 aromatic carbocycles. The zero-order valence-corrected chi connectivity index (χ0v) is 19.6. The number of benzene rings is 1. The van der Waals surface area contributed by atoms with Gasteiger partial charge in [0.05, 0.1) is 11.4 Å². The number of thioether (sulfide) groups is 1. The van der Waals surface area contributed by atoms with Crippen molar-refractivity contribution in [1.82, 2.24) is 24.6 Å². The Balaban J connectivity index is 1.42. The van der Waals surface area contributed by atoms with E-state index in [9.17, 15) is 4.79 Å². The summed E-state index contributed by atoms with van der Waals surface area (Å²) in [6, 6.07) is 12.3.